The van der Waals surface area contributed by atoms with E-state index in [4.69, 9.17) is 0 Å². The molecule has 0 saturated carbocycles. The van der Waals surface area contributed by atoms with Crippen LogP contribution < -0.4 is 4.90 Å². The molecule has 0 bridgehead atoms. The highest BCUT2D eigenvalue weighted by atomic mass is 32.1. The molecule has 2 aliphatic rings. The monoisotopic (exact) mass is 474 g/mol. The summed E-state index contributed by atoms with van der Waals surface area (Å²) in [4.78, 5) is 39.4. The van der Waals surface area contributed by atoms with E-state index in [1.165, 1.54) is 0 Å². The molecule has 1 saturated heterocycles. The summed E-state index contributed by atoms with van der Waals surface area (Å²) in [6.07, 6.45) is 1.80. The SMILES string of the molecule is CC(C)CN1C(=O)c2ccccc2[C@@H](C(=O)N2CCN(c3ccccn3)CC2)[C@H]1c1cccs1. The van der Waals surface area contributed by atoms with Gasteiger partial charge in [-0.25, -0.2) is 4.98 Å². The second-order valence-corrected chi connectivity index (χ2v) is 10.4. The Hall–Kier alpha value is -3.19. The van der Waals surface area contributed by atoms with E-state index in [1.807, 2.05) is 63.7 Å². The molecule has 176 valence electrons. The molecule has 5 rings (SSSR count). The number of amides is 2. The van der Waals surface area contributed by atoms with Gasteiger partial charge in [0.2, 0.25) is 5.91 Å². The van der Waals surface area contributed by atoms with Gasteiger partial charge in [0.05, 0.1) is 12.0 Å². The van der Waals surface area contributed by atoms with Crippen molar-refractivity contribution in [2.45, 2.75) is 25.8 Å². The highest BCUT2D eigenvalue weighted by Gasteiger charge is 2.46. The van der Waals surface area contributed by atoms with Crippen molar-refractivity contribution < 1.29 is 9.59 Å². The van der Waals surface area contributed by atoms with Crippen LogP contribution in [0.5, 0.6) is 0 Å². The molecule has 0 spiro atoms. The number of carbonyl (C=O) groups excluding carboxylic acids is 2. The highest BCUT2D eigenvalue weighted by molar-refractivity contribution is 7.10. The number of fused-ring (bicyclic) bond motifs is 1. The summed E-state index contributed by atoms with van der Waals surface area (Å²) in [6, 6.07) is 17.4. The lowest BCUT2D eigenvalue weighted by molar-refractivity contribution is -0.135. The smallest absolute Gasteiger partial charge is 0.254 e. The molecule has 34 heavy (non-hydrogen) atoms. The maximum absolute atomic E-state index is 14.2. The molecule has 4 heterocycles. The lowest BCUT2D eigenvalue weighted by Gasteiger charge is -2.44. The van der Waals surface area contributed by atoms with E-state index in [0.717, 1.165) is 29.3 Å². The van der Waals surface area contributed by atoms with Gasteiger partial charge in [0.25, 0.3) is 5.91 Å². The summed E-state index contributed by atoms with van der Waals surface area (Å²) >= 11 is 1.62. The van der Waals surface area contributed by atoms with Gasteiger partial charge >= 0.3 is 0 Å². The third-order valence-electron chi connectivity index (χ3n) is 6.67. The van der Waals surface area contributed by atoms with Crippen LogP contribution in [0.2, 0.25) is 0 Å². The summed E-state index contributed by atoms with van der Waals surface area (Å²) in [5, 5.41) is 2.03. The average molecular weight is 475 g/mol. The number of piperazine rings is 1. The Kier molecular flexibility index (Phi) is 6.37. The predicted octanol–water partition coefficient (Wildman–Crippen LogP) is 4.43. The normalized spacial score (nSPS) is 20.6. The van der Waals surface area contributed by atoms with E-state index >= 15 is 0 Å². The molecule has 2 atom stereocenters. The predicted molar refractivity (Wildman–Crippen MR) is 135 cm³/mol. The van der Waals surface area contributed by atoms with E-state index in [1.54, 1.807) is 17.5 Å². The number of hydrogen-bond acceptors (Lipinski definition) is 5. The van der Waals surface area contributed by atoms with Gasteiger partial charge in [0.1, 0.15) is 5.82 Å². The van der Waals surface area contributed by atoms with Gasteiger partial charge < -0.3 is 14.7 Å². The van der Waals surface area contributed by atoms with Gasteiger partial charge in [-0.2, -0.15) is 0 Å². The van der Waals surface area contributed by atoms with E-state index < -0.39 is 5.92 Å². The Bertz CT molecular complexity index is 1140. The third-order valence-corrected chi connectivity index (χ3v) is 7.61. The molecular formula is C27H30N4O2S. The Labute approximate surface area is 204 Å². The van der Waals surface area contributed by atoms with Crippen molar-refractivity contribution in [3.8, 4) is 0 Å². The summed E-state index contributed by atoms with van der Waals surface area (Å²) in [6.45, 7) is 7.63. The quantitative estimate of drug-likeness (QED) is 0.549. The summed E-state index contributed by atoms with van der Waals surface area (Å²) in [7, 11) is 0. The number of rotatable bonds is 5. The van der Waals surface area contributed by atoms with Crippen molar-refractivity contribution in [3.63, 3.8) is 0 Å². The van der Waals surface area contributed by atoms with E-state index in [9.17, 15) is 9.59 Å². The van der Waals surface area contributed by atoms with Gasteiger partial charge in [-0.15, -0.1) is 11.3 Å². The molecule has 7 heteroatoms. The van der Waals surface area contributed by atoms with E-state index in [-0.39, 0.29) is 17.9 Å². The zero-order chi connectivity index (χ0) is 23.7. The Balaban J connectivity index is 1.48. The number of hydrogen-bond donors (Lipinski definition) is 0. The van der Waals surface area contributed by atoms with Gasteiger partial charge in [-0.3, -0.25) is 9.59 Å². The van der Waals surface area contributed by atoms with Crippen molar-refractivity contribution in [2.75, 3.05) is 37.6 Å². The fraction of sp³-hybridized carbons (Fsp3) is 0.370. The number of benzene rings is 1. The number of pyridine rings is 1. The van der Waals surface area contributed by atoms with Gasteiger partial charge in [0.15, 0.2) is 0 Å². The number of nitrogens with zero attached hydrogens (tertiary/aromatic N) is 4. The number of aromatic nitrogens is 1. The van der Waals surface area contributed by atoms with Crippen LogP contribution in [-0.2, 0) is 4.79 Å². The van der Waals surface area contributed by atoms with Crippen molar-refractivity contribution >= 4 is 29.0 Å². The van der Waals surface area contributed by atoms with Crippen molar-refractivity contribution in [3.05, 3.63) is 82.2 Å². The molecule has 2 aliphatic heterocycles. The molecule has 1 fully saturated rings. The number of anilines is 1. The largest absolute Gasteiger partial charge is 0.353 e. The Morgan fingerprint density at radius 1 is 1.03 bits per heavy atom. The average Bonchev–Trinajstić information content (AvgIpc) is 3.40. The second-order valence-electron chi connectivity index (χ2n) is 9.38. The van der Waals surface area contributed by atoms with Gasteiger partial charge in [-0.1, -0.05) is 44.2 Å². The lowest BCUT2D eigenvalue weighted by Crippen LogP contribution is -2.53. The van der Waals surface area contributed by atoms with E-state index in [0.29, 0.717) is 31.1 Å². The first kappa shape index (κ1) is 22.6. The highest BCUT2D eigenvalue weighted by Crippen LogP contribution is 2.45. The van der Waals surface area contributed by atoms with Crippen LogP contribution in [0.4, 0.5) is 5.82 Å². The van der Waals surface area contributed by atoms with Crippen molar-refractivity contribution in [1.82, 2.24) is 14.8 Å². The van der Waals surface area contributed by atoms with Crippen LogP contribution in [-0.4, -0.2) is 59.3 Å². The molecule has 6 nitrogen and oxygen atoms in total. The Morgan fingerprint density at radius 3 is 2.47 bits per heavy atom. The first-order valence-corrected chi connectivity index (χ1v) is 12.8. The zero-order valence-electron chi connectivity index (χ0n) is 19.6. The second kappa shape index (κ2) is 9.58. The zero-order valence-corrected chi connectivity index (χ0v) is 20.4. The molecule has 0 N–H and O–H groups in total. The van der Waals surface area contributed by atoms with Crippen LogP contribution in [0.3, 0.4) is 0 Å². The van der Waals surface area contributed by atoms with Gasteiger partial charge in [0, 0.05) is 49.4 Å². The minimum Gasteiger partial charge on any atom is -0.353 e. The standard InChI is InChI=1S/C27H30N4O2S/c1-19(2)18-31-25(22-10-7-17-34-22)24(20-8-3-4-9-21(20)26(31)32)27(33)30-15-13-29(14-16-30)23-11-5-6-12-28-23/h3-12,17,19,24-25H,13-16,18H2,1-2H3/t24-,25-/m1/s1. The summed E-state index contributed by atoms with van der Waals surface area (Å²) in [5.74, 6) is 0.962. The van der Waals surface area contributed by atoms with Gasteiger partial charge in [-0.05, 0) is 41.1 Å². The fourth-order valence-electron chi connectivity index (χ4n) is 5.12. The molecule has 0 unspecified atom stereocenters. The third kappa shape index (κ3) is 4.20. The molecule has 0 radical (unpaired) electrons. The topological polar surface area (TPSA) is 56.8 Å². The summed E-state index contributed by atoms with van der Waals surface area (Å²) < 4.78 is 0. The molecule has 2 amide bonds. The minimum absolute atomic E-state index is 0.0201. The number of thiophene rings is 1. The molecular weight excluding hydrogens is 444 g/mol. The first-order valence-electron chi connectivity index (χ1n) is 11.9. The molecule has 1 aromatic carbocycles. The lowest BCUT2D eigenvalue weighted by atomic mass is 9.80. The van der Waals surface area contributed by atoms with Crippen LogP contribution in [0, 0.1) is 5.92 Å². The van der Waals surface area contributed by atoms with Crippen LogP contribution in [0.25, 0.3) is 0 Å². The van der Waals surface area contributed by atoms with Crippen LogP contribution in [0.1, 0.15) is 46.6 Å². The molecule has 2 aromatic heterocycles. The van der Waals surface area contributed by atoms with Crippen LogP contribution in [0.15, 0.2) is 66.2 Å². The van der Waals surface area contributed by atoms with E-state index in [2.05, 4.69) is 29.8 Å². The fourth-order valence-corrected chi connectivity index (χ4v) is 6.00. The summed E-state index contributed by atoms with van der Waals surface area (Å²) in [5.41, 5.74) is 1.50. The van der Waals surface area contributed by atoms with Crippen LogP contribution >= 0.6 is 11.3 Å². The maximum Gasteiger partial charge on any atom is 0.254 e. The Morgan fingerprint density at radius 2 is 1.79 bits per heavy atom. The molecule has 0 aliphatic carbocycles. The minimum atomic E-state index is -0.410. The maximum atomic E-state index is 14.2. The molecule has 3 aromatic rings. The van der Waals surface area contributed by atoms with Crippen molar-refractivity contribution in [2.24, 2.45) is 5.92 Å². The van der Waals surface area contributed by atoms with Crippen molar-refractivity contribution in [1.29, 1.82) is 0 Å². The first-order chi connectivity index (χ1) is 16.5. The number of carbonyl (C=O) groups is 2.